The molecule has 9 heterocycles. The first kappa shape index (κ1) is 67.0. The molecule has 0 bridgehead atoms. The summed E-state index contributed by atoms with van der Waals surface area (Å²) in [5.74, 6) is -1.26. The second-order valence-corrected chi connectivity index (χ2v) is 25.5. The summed E-state index contributed by atoms with van der Waals surface area (Å²) in [4.78, 5) is 36.3. The third-order valence-electron chi connectivity index (χ3n) is 17.4. The van der Waals surface area contributed by atoms with Crippen LogP contribution < -0.4 is 14.2 Å². The van der Waals surface area contributed by atoms with E-state index < -0.39 is 47.8 Å². The summed E-state index contributed by atoms with van der Waals surface area (Å²) >= 11 is 25.6. The summed E-state index contributed by atoms with van der Waals surface area (Å²) in [5, 5.41) is 33.5. The largest absolute Gasteiger partial charge is 0.456 e. The van der Waals surface area contributed by atoms with Crippen molar-refractivity contribution < 1.29 is 52.5 Å². The number of fused-ring (bicyclic) bond motifs is 3. The van der Waals surface area contributed by atoms with E-state index in [4.69, 9.17) is 74.8 Å². The number of ether oxygens (including phenoxy) is 6. The molecule has 0 radical (unpaired) electrons. The molecular formula is C73H65Cl4F2N9O9. The van der Waals surface area contributed by atoms with Gasteiger partial charge in [0.05, 0.1) is 86.8 Å². The highest BCUT2D eigenvalue weighted by Crippen LogP contribution is 2.38. The average molecular weight is 1390 g/mol. The minimum absolute atomic E-state index is 0.220. The maximum absolute atomic E-state index is 14.1. The van der Waals surface area contributed by atoms with E-state index in [0.717, 1.165) is 45.9 Å². The summed E-state index contributed by atoms with van der Waals surface area (Å²) in [5.41, 5.74) is 11.7. The fourth-order valence-corrected chi connectivity index (χ4v) is 13.0. The predicted octanol–water partition coefficient (Wildman–Crippen LogP) is 15.9. The van der Waals surface area contributed by atoms with Gasteiger partial charge in [-0.3, -0.25) is 0 Å². The Labute approximate surface area is 575 Å². The van der Waals surface area contributed by atoms with Gasteiger partial charge in [0.15, 0.2) is 35.3 Å². The number of pyridine rings is 3. The first-order valence-corrected chi connectivity index (χ1v) is 33.1. The Morgan fingerprint density at radius 2 is 0.887 bits per heavy atom. The zero-order valence-corrected chi connectivity index (χ0v) is 55.7. The van der Waals surface area contributed by atoms with Crippen molar-refractivity contribution in [2.45, 2.75) is 101 Å². The number of benzene rings is 6. The maximum Gasteiger partial charge on any atom is 0.296 e. The molecule has 24 heteroatoms. The van der Waals surface area contributed by atoms with Crippen LogP contribution in [0.4, 0.5) is 8.78 Å². The van der Waals surface area contributed by atoms with E-state index in [0.29, 0.717) is 113 Å². The van der Waals surface area contributed by atoms with E-state index in [9.17, 15) is 24.1 Å². The SMILES string of the molecule is CC[C@H]1OC[C@@H](Oc2nc3nc(-c4ccc(-c5ccc(F)cc5F)cc4)c(Cl)cc3[nH]2)[C@@H]1O.CC[C@H]1OC[C@@H](Oc2nc3nc(-c4ccc(-c5cccc(Cl)c5)cc4)c(Cl)cc3[nH]2)[C@@H]1O.CC[C@H]1OC[C@@H](Oc2nc3nc(-c4ccc(-c5ccccc5)cc4)c(Cl)cc3[nH]2)[C@@]1(C)O. The minimum Gasteiger partial charge on any atom is -0.456 e. The lowest BCUT2D eigenvalue weighted by atomic mass is 9.94. The van der Waals surface area contributed by atoms with Crippen molar-refractivity contribution in [3.8, 4) is 85.2 Å². The molecule has 9 atom stereocenters. The molecule has 6 aromatic heterocycles. The number of nitrogens with zero attached hydrogens (tertiary/aromatic N) is 6. The summed E-state index contributed by atoms with van der Waals surface area (Å²) in [6.07, 6.45) is -1.59. The van der Waals surface area contributed by atoms with Crippen molar-refractivity contribution in [1.82, 2.24) is 44.9 Å². The van der Waals surface area contributed by atoms with Gasteiger partial charge in [-0.25, -0.2) is 23.7 Å². The quantitative estimate of drug-likeness (QED) is 0.0559. The Kier molecular flexibility index (Phi) is 19.9. The molecule has 0 amide bonds. The van der Waals surface area contributed by atoms with Crippen molar-refractivity contribution in [3.63, 3.8) is 0 Å². The summed E-state index contributed by atoms with van der Waals surface area (Å²) in [6, 6.07) is 50.5. The molecule has 18 nitrogen and oxygen atoms in total. The zero-order chi connectivity index (χ0) is 67.6. The Morgan fingerprint density at radius 3 is 1.31 bits per heavy atom. The number of imidazole rings is 3. The molecule has 3 fully saturated rings. The van der Waals surface area contributed by atoms with Crippen LogP contribution >= 0.6 is 46.4 Å². The Bertz CT molecular complexity index is 4760. The van der Waals surface area contributed by atoms with Crippen LogP contribution in [0.5, 0.6) is 18.0 Å². The molecule has 6 aromatic carbocycles. The van der Waals surface area contributed by atoms with Gasteiger partial charge in [-0.15, -0.1) is 0 Å². The number of aromatic amines is 3. The van der Waals surface area contributed by atoms with Crippen LogP contribution in [0.15, 0.2) is 164 Å². The lowest BCUT2D eigenvalue weighted by molar-refractivity contribution is -0.0584. The van der Waals surface area contributed by atoms with Crippen LogP contribution in [0.2, 0.25) is 20.1 Å². The van der Waals surface area contributed by atoms with Gasteiger partial charge in [-0.1, -0.05) is 182 Å². The van der Waals surface area contributed by atoms with Gasteiger partial charge in [0.2, 0.25) is 0 Å². The molecule has 498 valence electrons. The molecule has 97 heavy (non-hydrogen) atoms. The Hall–Kier alpha value is -8.64. The average Bonchev–Trinajstić information content (AvgIpc) is 1.60. The van der Waals surface area contributed by atoms with Gasteiger partial charge < -0.3 is 58.7 Å². The van der Waals surface area contributed by atoms with Crippen molar-refractivity contribution in [2.24, 2.45) is 0 Å². The van der Waals surface area contributed by atoms with Crippen molar-refractivity contribution in [3.05, 3.63) is 196 Å². The van der Waals surface area contributed by atoms with E-state index in [2.05, 4.69) is 69.1 Å². The van der Waals surface area contributed by atoms with Gasteiger partial charge in [-0.2, -0.15) is 15.0 Å². The summed E-state index contributed by atoms with van der Waals surface area (Å²) in [6.45, 7) is 8.50. The molecule has 15 rings (SSSR count). The number of nitrogens with one attached hydrogen (secondary N) is 3. The second-order valence-electron chi connectivity index (χ2n) is 23.8. The first-order valence-electron chi connectivity index (χ1n) is 31.6. The molecule has 0 saturated carbocycles. The van der Waals surface area contributed by atoms with Crippen LogP contribution in [-0.4, -0.2) is 134 Å². The van der Waals surface area contributed by atoms with Gasteiger partial charge in [0.1, 0.15) is 29.4 Å². The maximum atomic E-state index is 14.1. The van der Waals surface area contributed by atoms with E-state index in [1.54, 1.807) is 49.4 Å². The molecule has 0 aliphatic carbocycles. The van der Waals surface area contributed by atoms with E-state index >= 15 is 0 Å². The van der Waals surface area contributed by atoms with Gasteiger partial charge in [-0.05, 0) is 96.5 Å². The van der Waals surface area contributed by atoms with Crippen LogP contribution in [-0.2, 0) is 14.2 Å². The smallest absolute Gasteiger partial charge is 0.296 e. The van der Waals surface area contributed by atoms with Crippen LogP contribution in [0, 0.1) is 11.6 Å². The monoisotopic (exact) mass is 1390 g/mol. The molecular weight excluding hydrogens is 1330 g/mol. The topological polar surface area (TPSA) is 241 Å². The van der Waals surface area contributed by atoms with E-state index in [-0.39, 0.29) is 43.0 Å². The highest BCUT2D eigenvalue weighted by atomic mass is 35.5. The van der Waals surface area contributed by atoms with Gasteiger partial charge >= 0.3 is 0 Å². The molecule has 3 saturated heterocycles. The molecule has 12 aromatic rings. The number of aliphatic hydroxyl groups is 3. The zero-order valence-electron chi connectivity index (χ0n) is 52.7. The van der Waals surface area contributed by atoms with Crippen molar-refractivity contribution in [1.29, 1.82) is 0 Å². The number of aromatic nitrogens is 9. The van der Waals surface area contributed by atoms with Gasteiger partial charge in [0.25, 0.3) is 18.0 Å². The van der Waals surface area contributed by atoms with E-state index in [1.165, 1.54) is 12.1 Å². The molecule has 3 aliphatic heterocycles. The third kappa shape index (κ3) is 14.5. The normalized spacial score (nSPS) is 21.4. The van der Waals surface area contributed by atoms with Crippen LogP contribution in [0.3, 0.4) is 0 Å². The molecule has 3 aliphatic rings. The summed E-state index contributed by atoms with van der Waals surface area (Å²) < 4.78 is 61.6. The number of hydrogen-bond acceptors (Lipinski definition) is 15. The predicted molar refractivity (Wildman–Crippen MR) is 370 cm³/mol. The van der Waals surface area contributed by atoms with Gasteiger partial charge in [0, 0.05) is 33.3 Å². The third-order valence-corrected chi connectivity index (χ3v) is 18.5. The number of hydrogen-bond donors (Lipinski definition) is 6. The van der Waals surface area contributed by atoms with Crippen molar-refractivity contribution in [2.75, 3.05) is 19.8 Å². The lowest BCUT2D eigenvalue weighted by Crippen LogP contribution is -2.46. The number of H-pyrrole nitrogens is 3. The Balaban J connectivity index is 0.000000131. The fraction of sp³-hybridized carbons (Fsp3) is 0.260. The fourth-order valence-electron chi connectivity index (χ4n) is 12.0. The molecule has 6 N–H and O–H groups in total. The highest BCUT2D eigenvalue weighted by molar-refractivity contribution is 6.34. The molecule has 0 spiro atoms. The first-order chi connectivity index (χ1) is 46.9. The Morgan fingerprint density at radius 1 is 0.464 bits per heavy atom. The van der Waals surface area contributed by atoms with Crippen LogP contribution in [0.1, 0.15) is 47.0 Å². The number of aliphatic hydroxyl groups excluding tert-OH is 2. The standard InChI is InChI=1S/C25H24ClN3O3.C24H21Cl2N3O3.C24H20ClF2N3O3/c1-3-20-25(2,30)21(14-31-20)32-24-27-19-13-18(26)22(28-23(19)29-24)17-11-9-16(10-12-17)15-7-5-4-6-8-15;1-2-19-22(30)20(12-31-19)32-24-27-18-11-17(26)21(28-23(18)29-24)14-8-6-13(7-9-14)15-4-3-5-16(25)10-15;1-2-19-22(31)20(11-32-19)33-24-28-18-10-16(25)21(29-23(18)30-24)13-5-3-12(4-6-13)15-8-7-14(26)9-17(15)27/h4-13,20-21,30H,3,14H2,1-2H3,(H,27,28,29);3-11,19-20,22,30H,2,12H2,1H3,(H,27,28,29);3-10,19-20,22,31H,2,11H2,1H3,(H,28,29,30)/t20-,21-,25+;2*19-,20-,22-/m111/s1. The minimum atomic E-state index is -1.09. The van der Waals surface area contributed by atoms with E-state index in [1.807, 2.05) is 99.6 Å². The van der Waals surface area contributed by atoms with Crippen LogP contribution in [0.25, 0.3) is 101 Å². The van der Waals surface area contributed by atoms with Crippen molar-refractivity contribution >= 4 is 79.9 Å². The molecule has 0 unspecified atom stereocenters. The lowest BCUT2D eigenvalue weighted by Gasteiger charge is -2.27. The number of halogens is 6. The number of rotatable bonds is 15. The second kappa shape index (κ2) is 28.8. The highest BCUT2D eigenvalue weighted by Gasteiger charge is 2.48. The summed E-state index contributed by atoms with van der Waals surface area (Å²) in [7, 11) is 0.